The molecule has 0 amide bonds. The van der Waals surface area contributed by atoms with Crippen molar-refractivity contribution in [2.24, 2.45) is 5.92 Å². The smallest absolute Gasteiger partial charge is 0.123 e. The molecule has 186 valence electrons. The highest BCUT2D eigenvalue weighted by Gasteiger charge is 2.29. The Balaban J connectivity index is 1.41. The van der Waals surface area contributed by atoms with E-state index in [0.29, 0.717) is 6.54 Å². The average molecular weight is 477 g/mol. The molecule has 2 heterocycles. The van der Waals surface area contributed by atoms with Crippen LogP contribution < -0.4 is 0 Å². The Bertz CT molecular complexity index is 1090. The van der Waals surface area contributed by atoms with Crippen molar-refractivity contribution in [1.29, 1.82) is 0 Å². The summed E-state index contributed by atoms with van der Waals surface area (Å²) < 4.78 is 15.5. The van der Waals surface area contributed by atoms with E-state index in [9.17, 15) is 9.50 Å². The third kappa shape index (κ3) is 6.18. The van der Waals surface area contributed by atoms with E-state index in [-0.39, 0.29) is 11.9 Å². The van der Waals surface area contributed by atoms with Crippen LogP contribution in [0.15, 0.2) is 54.6 Å². The van der Waals surface area contributed by atoms with Gasteiger partial charge < -0.3 is 5.11 Å². The molecule has 1 fully saturated rings. The standard InChI is InChI=1S/C29H37FN4O/c1-2-6-26(35)19-33(18-22-9-10-22)21-28-27-20-32(17-23-11-13-24(30)14-12-23)16-15-29(27)34(31-28)25-7-4-3-5-8-25/h3-5,7-8,11-14,22,26,35H,2,6,9-10,15-21H2,1H3. The van der Waals surface area contributed by atoms with Crippen LogP contribution in [0.1, 0.15) is 55.1 Å². The Morgan fingerprint density at radius 2 is 1.89 bits per heavy atom. The highest BCUT2D eigenvalue weighted by molar-refractivity contribution is 5.39. The summed E-state index contributed by atoms with van der Waals surface area (Å²) in [5.41, 5.74) is 5.96. The molecule has 0 radical (unpaired) electrons. The van der Waals surface area contributed by atoms with Crippen LogP contribution in [0, 0.1) is 11.7 Å². The van der Waals surface area contributed by atoms with Crippen molar-refractivity contribution in [2.75, 3.05) is 19.6 Å². The van der Waals surface area contributed by atoms with Gasteiger partial charge in [0.05, 0.1) is 23.2 Å². The number of aliphatic hydroxyl groups is 1. The van der Waals surface area contributed by atoms with Crippen molar-refractivity contribution >= 4 is 0 Å². The fourth-order valence-electron chi connectivity index (χ4n) is 5.24. The van der Waals surface area contributed by atoms with Crippen molar-refractivity contribution in [3.05, 3.63) is 82.9 Å². The molecular formula is C29H37FN4O. The maximum atomic E-state index is 13.4. The van der Waals surface area contributed by atoms with Crippen LogP contribution >= 0.6 is 0 Å². The number of aromatic nitrogens is 2. The Labute approximate surface area is 208 Å². The Hall–Kier alpha value is -2.54. The third-order valence-electron chi connectivity index (χ3n) is 7.22. The number of fused-ring (bicyclic) bond motifs is 1. The van der Waals surface area contributed by atoms with Crippen molar-refractivity contribution in [3.8, 4) is 5.69 Å². The molecule has 6 heteroatoms. The predicted octanol–water partition coefficient (Wildman–Crippen LogP) is 4.94. The highest BCUT2D eigenvalue weighted by Crippen LogP contribution is 2.32. The van der Waals surface area contributed by atoms with Crippen LogP contribution in [0.2, 0.25) is 0 Å². The number of aliphatic hydroxyl groups excluding tert-OH is 1. The summed E-state index contributed by atoms with van der Waals surface area (Å²) in [6, 6.07) is 17.3. The minimum Gasteiger partial charge on any atom is -0.392 e. The van der Waals surface area contributed by atoms with Crippen LogP contribution in [-0.2, 0) is 26.1 Å². The van der Waals surface area contributed by atoms with Crippen molar-refractivity contribution < 1.29 is 9.50 Å². The normalized spacial score (nSPS) is 17.0. The largest absolute Gasteiger partial charge is 0.392 e. The fourth-order valence-corrected chi connectivity index (χ4v) is 5.24. The molecule has 1 saturated carbocycles. The Morgan fingerprint density at radius 1 is 1.11 bits per heavy atom. The maximum absolute atomic E-state index is 13.4. The molecule has 1 aliphatic carbocycles. The molecule has 1 unspecified atom stereocenters. The molecular weight excluding hydrogens is 439 g/mol. The predicted molar refractivity (Wildman–Crippen MR) is 137 cm³/mol. The first-order valence-electron chi connectivity index (χ1n) is 13.1. The molecule has 35 heavy (non-hydrogen) atoms. The number of nitrogens with zero attached hydrogens (tertiary/aromatic N) is 4. The second kappa shape index (κ2) is 11.0. The first kappa shape index (κ1) is 24.2. The van der Waals surface area contributed by atoms with E-state index in [1.165, 1.54) is 24.1 Å². The van der Waals surface area contributed by atoms with Gasteiger partial charge in [-0.25, -0.2) is 9.07 Å². The van der Waals surface area contributed by atoms with Gasteiger partial charge in [0, 0.05) is 51.3 Å². The van der Waals surface area contributed by atoms with Gasteiger partial charge >= 0.3 is 0 Å². The number of halogens is 1. The molecule has 0 saturated heterocycles. The highest BCUT2D eigenvalue weighted by atomic mass is 19.1. The van der Waals surface area contributed by atoms with Crippen molar-refractivity contribution in [1.82, 2.24) is 19.6 Å². The summed E-state index contributed by atoms with van der Waals surface area (Å²) in [6.45, 7) is 7.22. The second-order valence-electron chi connectivity index (χ2n) is 10.3. The molecule has 1 aromatic heterocycles. The summed E-state index contributed by atoms with van der Waals surface area (Å²) in [5.74, 6) is 0.563. The zero-order chi connectivity index (χ0) is 24.2. The number of rotatable bonds is 11. The zero-order valence-electron chi connectivity index (χ0n) is 20.7. The molecule has 0 spiro atoms. The van der Waals surface area contributed by atoms with Crippen LogP contribution in [0.5, 0.6) is 0 Å². The van der Waals surface area contributed by atoms with E-state index >= 15 is 0 Å². The van der Waals surface area contributed by atoms with E-state index in [0.717, 1.165) is 74.8 Å². The lowest BCUT2D eigenvalue weighted by Crippen LogP contribution is -2.35. The summed E-state index contributed by atoms with van der Waals surface area (Å²) in [5, 5.41) is 15.7. The summed E-state index contributed by atoms with van der Waals surface area (Å²) in [4.78, 5) is 4.86. The van der Waals surface area contributed by atoms with E-state index in [1.54, 1.807) is 12.1 Å². The Morgan fingerprint density at radius 3 is 2.60 bits per heavy atom. The Kier molecular flexibility index (Phi) is 7.61. The first-order valence-corrected chi connectivity index (χ1v) is 13.1. The van der Waals surface area contributed by atoms with Gasteiger partial charge in [-0.1, -0.05) is 43.7 Å². The lowest BCUT2D eigenvalue weighted by molar-refractivity contribution is 0.0972. The molecule has 2 aliphatic rings. The molecule has 3 aromatic rings. The van der Waals surface area contributed by atoms with Gasteiger partial charge in [0.15, 0.2) is 0 Å². The topological polar surface area (TPSA) is 44.5 Å². The number of hydrogen-bond donors (Lipinski definition) is 1. The van der Waals surface area contributed by atoms with Crippen LogP contribution in [-0.4, -0.2) is 50.4 Å². The number of hydrogen-bond acceptors (Lipinski definition) is 4. The van der Waals surface area contributed by atoms with Gasteiger partial charge in [0.1, 0.15) is 5.82 Å². The van der Waals surface area contributed by atoms with Crippen LogP contribution in [0.25, 0.3) is 5.69 Å². The lowest BCUT2D eigenvalue weighted by Gasteiger charge is -2.29. The van der Waals surface area contributed by atoms with Gasteiger partial charge in [-0.15, -0.1) is 0 Å². The molecule has 0 bridgehead atoms. The summed E-state index contributed by atoms with van der Waals surface area (Å²) >= 11 is 0. The number of para-hydroxylation sites is 1. The fraction of sp³-hybridized carbons (Fsp3) is 0.483. The summed E-state index contributed by atoms with van der Waals surface area (Å²) in [7, 11) is 0. The maximum Gasteiger partial charge on any atom is 0.123 e. The third-order valence-corrected chi connectivity index (χ3v) is 7.22. The van der Waals surface area contributed by atoms with E-state index in [1.807, 2.05) is 18.2 Å². The summed E-state index contributed by atoms with van der Waals surface area (Å²) in [6.07, 6.45) is 5.06. The second-order valence-corrected chi connectivity index (χ2v) is 10.3. The van der Waals surface area contributed by atoms with Crippen molar-refractivity contribution in [3.63, 3.8) is 0 Å². The van der Waals surface area contributed by atoms with E-state index in [2.05, 4.69) is 45.7 Å². The molecule has 5 rings (SSSR count). The lowest BCUT2D eigenvalue weighted by atomic mass is 10.0. The van der Waals surface area contributed by atoms with Gasteiger partial charge in [-0.2, -0.15) is 5.10 Å². The minimum atomic E-state index is -0.291. The average Bonchev–Trinajstić information content (AvgIpc) is 3.61. The van der Waals surface area contributed by atoms with E-state index in [4.69, 9.17) is 5.10 Å². The minimum absolute atomic E-state index is 0.192. The first-order chi connectivity index (χ1) is 17.1. The van der Waals surface area contributed by atoms with Gasteiger partial charge in [0.2, 0.25) is 0 Å². The molecule has 5 nitrogen and oxygen atoms in total. The molecule has 2 aromatic carbocycles. The zero-order valence-corrected chi connectivity index (χ0v) is 20.7. The van der Waals surface area contributed by atoms with Crippen molar-refractivity contribution in [2.45, 2.75) is 64.8 Å². The van der Waals surface area contributed by atoms with Crippen LogP contribution in [0.3, 0.4) is 0 Å². The molecule has 1 atom stereocenters. The van der Waals surface area contributed by atoms with Gasteiger partial charge in [-0.05, 0) is 55.0 Å². The van der Waals surface area contributed by atoms with E-state index < -0.39 is 0 Å². The monoisotopic (exact) mass is 476 g/mol. The van der Waals surface area contributed by atoms with Gasteiger partial charge in [-0.3, -0.25) is 9.80 Å². The number of benzene rings is 2. The SMILES string of the molecule is CCCC(O)CN(Cc1nn(-c2ccccc2)c2c1CN(Cc1ccc(F)cc1)CC2)CC1CC1. The quantitative estimate of drug-likeness (QED) is 0.426. The molecule has 1 aliphatic heterocycles. The van der Waals surface area contributed by atoms with Gasteiger partial charge in [0.25, 0.3) is 0 Å². The van der Waals surface area contributed by atoms with Crippen LogP contribution in [0.4, 0.5) is 4.39 Å². The molecule has 1 N–H and O–H groups in total.